The van der Waals surface area contributed by atoms with E-state index in [4.69, 9.17) is 9.72 Å². The summed E-state index contributed by atoms with van der Waals surface area (Å²) in [6.45, 7) is 9.38. The molecule has 2 N–H and O–H groups in total. The van der Waals surface area contributed by atoms with Gasteiger partial charge in [0.25, 0.3) is 6.43 Å². The van der Waals surface area contributed by atoms with Crippen LogP contribution < -0.4 is 10.2 Å². The number of aliphatic hydroxyl groups excluding tert-OH is 1. The lowest BCUT2D eigenvalue weighted by atomic mass is 10.0. The van der Waals surface area contributed by atoms with E-state index in [9.17, 15) is 18.7 Å². The molecule has 2 aromatic heterocycles. The third kappa shape index (κ3) is 6.63. The highest BCUT2D eigenvalue weighted by Gasteiger charge is 2.31. The Morgan fingerprint density at radius 1 is 1.12 bits per heavy atom. The maximum absolute atomic E-state index is 14.2. The van der Waals surface area contributed by atoms with Crippen LogP contribution in [0.2, 0.25) is 0 Å². The van der Waals surface area contributed by atoms with E-state index in [1.165, 1.54) is 4.57 Å². The van der Waals surface area contributed by atoms with Gasteiger partial charge in [0, 0.05) is 51.4 Å². The molecule has 2 fully saturated rings. The zero-order chi connectivity index (χ0) is 29.6. The number of carbonyl (C=O) groups excluding carboxylic acids is 1. The van der Waals surface area contributed by atoms with Crippen molar-refractivity contribution in [3.05, 3.63) is 36.2 Å². The lowest BCUT2D eigenvalue weighted by molar-refractivity contribution is -0.135. The molecule has 3 aromatic rings. The number of amides is 1. The number of anilines is 2. The Hall–Kier alpha value is -3.42. The summed E-state index contributed by atoms with van der Waals surface area (Å²) in [5.74, 6) is 0.429. The highest BCUT2D eigenvalue weighted by atomic mass is 19.3. The molecule has 1 atom stereocenters. The molecule has 5 rings (SSSR count). The number of hydrogen-bond acceptors (Lipinski definition) is 9. The minimum Gasteiger partial charge on any atom is -0.396 e. The first-order valence-electron chi connectivity index (χ1n) is 14.8. The molecule has 0 aliphatic carbocycles. The zero-order valence-corrected chi connectivity index (χ0v) is 24.3. The highest BCUT2D eigenvalue weighted by molar-refractivity contribution is 5.84. The Bertz CT molecular complexity index is 1340. The average molecular weight is 587 g/mol. The number of morpholine rings is 1. The number of carbonyl (C=O) groups is 1. The van der Waals surface area contributed by atoms with Crippen LogP contribution in [-0.2, 0) is 9.53 Å². The number of rotatable bonds is 11. The number of hydrogen-bond donors (Lipinski definition) is 2. The predicted molar refractivity (Wildman–Crippen MR) is 156 cm³/mol. The molecule has 2 saturated heterocycles. The molecule has 228 valence electrons. The SMILES string of the molecule is CCN1CCC(N(CCCO)C(=O)[C@H](C)Nc2nc(N3CCOCC3)cc(-n3c(C(F)F)nc4ccccc43)n2)CC1. The minimum atomic E-state index is -2.82. The summed E-state index contributed by atoms with van der Waals surface area (Å²) in [6.07, 6.45) is -0.594. The number of likely N-dealkylation sites (tertiary alicyclic amines) is 1. The first kappa shape index (κ1) is 30.1. The molecule has 0 radical (unpaired) electrons. The van der Waals surface area contributed by atoms with Crippen molar-refractivity contribution in [2.45, 2.75) is 51.6 Å². The summed E-state index contributed by atoms with van der Waals surface area (Å²) >= 11 is 0. The van der Waals surface area contributed by atoms with Gasteiger partial charge in [-0.1, -0.05) is 19.1 Å². The van der Waals surface area contributed by atoms with Crippen molar-refractivity contribution in [2.75, 3.05) is 69.3 Å². The van der Waals surface area contributed by atoms with Gasteiger partial charge >= 0.3 is 0 Å². The van der Waals surface area contributed by atoms with Gasteiger partial charge in [-0.05, 0) is 44.9 Å². The summed E-state index contributed by atoms with van der Waals surface area (Å²) in [5, 5.41) is 12.7. The van der Waals surface area contributed by atoms with Gasteiger partial charge < -0.3 is 29.9 Å². The van der Waals surface area contributed by atoms with Gasteiger partial charge in [0.05, 0.1) is 24.2 Å². The smallest absolute Gasteiger partial charge is 0.296 e. The van der Waals surface area contributed by atoms with E-state index in [0.29, 0.717) is 56.1 Å². The van der Waals surface area contributed by atoms with Gasteiger partial charge in [-0.25, -0.2) is 13.8 Å². The van der Waals surface area contributed by atoms with Crippen LogP contribution in [0, 0.1) is 0 Å². The second kappa shape index (κ2) is 13.7. The molecule has 1 amide bonds. The fourth-order valence-corrected chi connectivity index (χ4v) is 5.75. The van der Waals surface area contributed by atoms with Crippen LogP contribution in [0.3, 0.4) is 0 Å². The van der Waals surface area contributed by atoms with Gasteiger partial charge in [0.15, 0.2) is 5.82 Å². The summed E-state index contributed by atoms with van der Waals surface area (Å²) in [4.78, 5) is 33.6. The molecule has 11 nitrogen and oxygen atoms in total. The number of imidazole rings is 1. The average Bonchev–Trinajstić information content (AvgIpc) is 3.42. The molecule has 2 aliphatic heterocycles. The number of alkyl halides is 2. The number of fused-ring (bicyclic) bond motifs is 1. The highest BCUT2D eigenvalue weighted by Crippen LogP contribution is 2.29. The monoisotopic (exact) mass is 586 g/mol. The molecule has 4 heterocycles. The van der Waals surface area contributed by atoms with Crippen LogP contribution in [0.25, 0.3) is 16.9 Å². The molecule has 2 aliphatic rings. The summed E-state index contributed by atoms with van der Waals surface area (Å²) < 4.78 is 35.3. The van der Waals surface area contributed by atoms with Crippen molar-refractivity contribution in [2.24, 2.45) is 0 Å². The molecular weight excluding hydrogens is 546 g/mol. The van der Waals surface area contributed by atoms with Crippen LogP contribution in [0.1, 0.15) is 45.4 Å². The first-order chi connectivity index (χ1) is 20.4. The van der Waals surface area contributed by atoms with E-state index in [1.807, 2.05) is 9.80 Å². The Balaban J connectivity index is 1.47. The van der Waals surface area contributed by atoms with Crippen molar-refractivity contribution in [3.8, 4) is 5.82 Å². The second-order valence-electron chi connectivity index (χ2n) is 10.7. The van der Waals surface area contributed by atoms with Crippen LogP contribution in [0.4, 0.5) is 20.5 Å². The van der Waals surface area contributed by atoms with Crippen molar-refractivity contribution < 1.29 is 23.4 Å². The number of aliphatic hydroxyl groups is 1. The summed E-state index contributed by atoms with van der Waals surface area (Å²) in [7, 11) is 0. The number of para-hydroxylation sites is 2. The van der Waals surface area contributed by atoms with Gasteiger partial charge in [-0.3, -0.25) is 9.36 Å². The minimum absolute atomic E-state index is 0.00120. The van der Waals surface area contributed by atoms with E-state index in [2.05, 4.69) is 27.1 Å². The first-order valence-corrected chi connectivity index (χ1v) is 14.8. The third-order valence-electron chi connectivity index (χ3n) is 8.05. The number of aromatic nitrogens is 4. The normalized spacial score (nSPS) is 17.6. The molecule has 0 saturated carbocycles. The predicted octanol–water partition coefficient (Wildman–Crippen LogP) is 3.09. The summed E-state index contributed by atoms with van der Waals surface area (Å²) in [6, 6.07) is 8.01. The Kier molecular flexibility index (Phi) is 9.80. The third-order valence-corrected chi connectivity index (χ3v) is 8.05. The van der Waals surface area contributed by atoms with Gasteiger partial charge in [-0.2, -0.15) is 9.97 Å². The molecule has 0 unspecified atom stereocenters. The van der Waals surface area contributed by atoms with Crippen LogP contribution in [0.5, 0.6) is 0 Å². The van der Waals surface area contributed by atoms with E-state index in [-0.39, 0.29) is 30.3 Å². The number of nitrogens with one attached hydrogen (secondary N) is 1. The molecular formula is C29H40F2N8O3. The number of benzene rings is 1. The number of ether oxygens (including phenoxy) is 1. The van der Waals surface area contributed by atoms with Crippen molar-refractivity contribution in [3.63, 3.8) is 0 Å². The Labute approximate surface area is 244 Å². The fraction of sp³-hybridized carbons (Fsp3) is 0.586. The Morgan fingerprint density at radius 2 is 1.83 bits per heavy atom. The standard InChI is InChI=1S/C29H40F2N8O3/c1-3-36-12-9-21(10-13-36)38(11-6-16-40)28(41)20(2)32-29-34-24(37-14-17-42-18-15-37)19-25(35-29)39-23-8-5-4-7-22(23)33-27(39)26(30)31/h4-5,7-8,19-21,26,40H,3,6,9-18H2,1-2H3,(H,32,34,35)/t20-/m0/s1. The maximum Gasteiger partial charge on any atom is 0.296 e. The zero-order valence-electron chi connectivity index (χ0n) is 24.3. The molecule has 42 heavy (non-hydrogen) atoms. The topological polar surface area (TPSA) is 112 Å². The molecule has 0 bridgehead atoms. The molecule has 13 heteroatoms. The van der Waals surface area contributed by atoms with Crippen molar-refractivity contribution >= 4 is 28.7 Å². The number of piperidine rings is 1. The van der Waals surface area contributed by atoms with Gasteiger partial charge in [-0.15, -0.1) is 0 Å². The quantitative estimate of drug-likeness (QED) is 0.350. The number of halogens is 2. The van der Waals surface area contributed by atoms with Crippen LogP contribution in [-0.4, -0.2) is 112 Å². The van der Waals surface area contributed by atoms with Crippen molar-refractivity contribution in [1.29, 1.82) is 0 Å². The second-order valence-corrected chi connectivity index (χ2v) is 10.7. The van der Waals surface area contributed by atoms with E-state index in [0.717, 1.165) is 32.5 Å². The van der Waals surface area contributed by atoms with Crippen molar-refractivity contribution in [1.82, 2.24) is 29.3 Å². The fourth-order valence-electron chi connectivity index (χ4n) is 5.75. The van der Waals surface area contributed by atoms with Gasteiger partial charge in [0.2, 0.25) is 11.9 Å². The van der Waals surface area contributed by atoms with Gasteiger partial charge in [0.1, 0.15) is 17.7 Å². The lowest BCUT2D eigenvalue weighted by Crippen LogP contribution is -2.51. The Morgan fingerprint density at radius 3 is 2.52 bits per heavy atom. The molecule has 0 spiro atoms. The largest absolute Gasteiger partial charge is 0.396 e. The van der Waals surface area contributed by atoms with E-state index >= 15 is 0 Å². The van der Waals surface area contributed by atoms with E-state index < -0.39 is 18.3 Å². The number of nitrogens with zero attached hydrogens (tertiary/aromatic N) is 7. The van der Waals surface area contributed by atoms with Crippen LogP contribution in [0.15, 0.2) is 30.3 Å². The maximum atomic E-state index is 14.2. The summed E-state index contributed by atoms with van der Waals surface area (Å²) in [5.41, 5.74) is 0.939. The van der Waals surface area contributed by atoms with Crippen LogP contribution >= 0.6 is 0 Å². The van der Waals surface area contributed by atoms with E-state index in [1.54, 1.807) is 37.3 Å². The molecule has 1 aromatic carbocycles. The lowest BCUT2D eigenvalue weighted by Gasteiger charge is -2.39.